The van der Waals surface area contributed by atoms with Crippen molar-refractivity contribution in [2.45, 2.75) is 32.7 Å². The molecule has 148 valence electrons. The van der Waals surface area contributed by atoms with Gasteiger partial charge in [-0.05, 0) is 37.0 Å². The summed E-state index contributed by atoms with van der Waals surface area (Å²) in [6.07, 6.45) is 2.25. The Hall–Kier alpha value is -2.60. The number of ether oxygens (including phenoxy) is 1. The van der Waals surface area contributed by atoms with Crippen LogP contribution in [-0.2, 0) is 17.7 Å². The average Bonchev–Trinajstić information content (AvgIpc) is 3.06. The Labute approximate surface area is 165 Å². The van der Waals surface area contributed by atoms with Gasteiger partial charge in [0.25, 0.3) is 5.91 Å². The molecular weight excluding hydrogens is 354 g/mol. The molecule has 1 fully saturated rings. The number of para-hydroxylation sites is 1. The zero-order valence-corrected chi connectivity index (χ0v) is 16.6. The van der Waals surface area contributed by atoms with E-state index >= 15 is 0 Å². The number of aromatic nitrogens is 1. The van der Waals surface area contributed by atoms with Gasteiger partial charge in [-0.25, -0.2) is 0 Å². The third-order valence-electron chi connectivity index (χ3n) is 5.75. The highest BCUT2D eigenvalue weighted by molar-refractivity contribution is 6.04. The Morgan fingerprint density at radius 1 is 1.21 bits per heavy atom. The number of morpholine rings is 1. The van der Waals surface area contributed by atoms with Gasteiger partial charge in [-0.1, -0.05) is 18.2 Å². The Balaban J connectivity index is 1.56. The number of benzene rings is 1. The van der Waals surface area contributed by atoms with Gasteiger partial charge in [0.05, 0.1) is 13.2 Å². The molecule has 0 bridgehead atoms. The Kier molecular flexibility index (Phi) is 5.22. The fourth-order valence-corrected chi connectivity index (χ4v) is 4.26. The van der Waals surface area contributed by atoms with E-state index in [1.54, 1.807) is 4.90 Å². The highest BCUT2D eigenvalue weighted by Gasteiger charge is 2.28. The van der Waals surface area contributed by atoms with Crippen molar-refractivity contribution in [1.29, 1.82) is 0 Å². The second-order valence-corrected chi connectivity index (χ2v) is 7.64. The quantitative estimate of drug-likeness (QED) is 0.884. The topological polar surface area (TPSA) is 65.6 Å². The van der Waals surface area contributed by atoms with E-state index in [0.29, 0.717) is 18.7 Å². The van der Waals surface area contributed by atoms with E-state index in [9.17, 15) is 9.59 Å². The standard InChI is InChI=1S/C22H27N3O3/c1-15-20-17(7-5-9-19(20)26)23-21(15)22(27)24(2)14-16-6-3-4-8-18(16)25-10-12-28-13-11-25/h3-4,6,8,23H,5,7,9-14H2,1-2H3. The van der Waals surface area contributed by atoms with Gasteiger partial charge in [-0.15, -0.1) is 0 Å². The van der Waals surface area contributed by atoms with E-state index in [1.165, 1.54) is 0 Å². The van der Waals surface area contributed by atoms with Crippen molar-refractivity contribution in [2.24, 2.45) is 0 Å². The lowest BCUT2D eigenvalue weighted by atomic mass is 9.94. The van der Waals surface area contributed by atoms with Gasteiger partial charge in [-0.3, -0.25) is 9.59 Å². The number of aromatic amines is 1. The summed E-state index contributed by atoms with van der Waals surface area (Å²) in [6, 6.07) is 8.22. The van der Waals surface area contributed by atoms with E-state index in [2.05, 4.69) is 22.0 Å². The summed E-state index contributed by atoms with van der Waals surface area (Å²) in [5, 5.41) is 0. The van der Waals surface area contributed by atoms with Crippen molar-refractivity contribution in [2.75, 3.05) is 38.3 Å². The average molecular weight is 381 g/mol. The molecule has 1 aromatic heterocycles. The predicted octanol–water partition coefficient (Wildman–Crippen LogP) is 2.95. The Bertz CT molecular complexity index is 896. The van der Waals surface area contributed by atoms with Gasteiger partial charge in [0, 0.05) is 50.0 Å². The second kappa shape index (κ2) is 7.80. The van der Waals surface area contributed by atoms with Gasteiger partial charge in [0.15, 0.2) is 5.78 Å². The molecule has 0 radical (unpaired) electrons. The lowest BCUT2D eigenvalue weighted by molar-refractivity contribution is 0.0778. The van der Waals surface area contributed by atoms with E-state index in [1.807, 2.05) is 26.1 Å². The molecule has 1 aliphatic carbocycles. The van der Waals surface area contributed by atoms with Gasteiger partial charge in [-0.2, -0.15) is 0 Å². The number of hydrogen-bond acceptors (Lipinski definition) is 4. The lowest BCUT2D eigenvalue weighted by Crippen LogP contribution is -2.37. The minimum atomic E-state index is -0.0727. The van der Waals surface area contributed by atoms with Crippen molar-refractivity contribution in [3.63, 3.8) is 0 Å². The molecule has 2 aliphatic rings. The lowest BCUT2D eigenvalue weighted by Gasteiger charge is -2.31. The first-order valence-electron chi connectivity index (χ1n) is 9.97. The molecule has 6 heteroatoms. The molecule has 0 atom stereocenters. The number of carbonyl (C=O) groups excluding carboxylic acids is 2. The van der Waals surface area contributed by atoms with Crippen molar-refractivity contribution in [3.05, 3.63) is 52.3 Å². The van der Waals surface area contributed by atoms with Crippen molar-refractivity contribution in [3.8, 4) is 0 Å². The van der Waals surface area contributed by atoms with E-state index in [0.717, 1.165) is 67.2 Å². The summed E-state index contributed by atoms with van der Waals surface area (Å²) in [7, 11) is 1.82. The molecule has 1 aliphatic heterocycles. The van der Waals surface area contributed by atoms with Crippen molar-refractivity contribution in [1.82, 2.24) is 9.88 Å². The van der Waals surface area contributed by atoms with Crippen LogP contribution in [0.3, 0.4) is 0 Å². The van der Waals surface area contributed by atoms with Crippen molar-refractivity contribution >= 4 is 17.4 Å². The number of nitrogens with one attached hydrogen (secondary N) is 1. The zero-order chi connectivity index (χ0) is 19.7. The first-order valence-corrected chi connectivity index (χ1v) is 9.97. The minimum Gasteiger partial charge on any atom is -0.378 e. The van der Waals surface area contributed by atoms with Crippen LogP contribution in [0.2, 0.25) is 0 Å². The fourth-order valence-electron chi connectivity index (χ4n) is 4.26. The highest BCUT2D eigenvalue weighted by Crippen LogP contribution is 2.28. The van der Waals surface area contributed by atoms with Gasteiger partial charge < -0.3 is 19.5 Å². The summed E-state index contributed by atoms with van der Waals surface area (Å²) in [5.41, 5.74) is 5.26. The number of hydrogen-bond donors (Lipinski definition) is 1. The molecule has 1 amide bonds. The van der Waals surface area contributed by atoms with E-state index in [-0.39, 0.29) is 11.7 Å². The van der Waals surface area contributed by atoms with Crippen LogP contribution in [0.15, 0.2) is 24.3 Å². The molecule has 28 heavy (non-hydrogen) atoms. The number of Topliss-reactive ketones (excluding diaryl/α,β-unsaturated/α-hetero) is 1. The molecule has 1 N–H and O–H groups in total. The number of anilines is 1. The largest absolute Gasteiger partial charge is 0.378 e. The molecule has 2 aromatic rings. The number of H-pyrrole nitrogens is 1. The van der Waals surface area contributed by atoms with Crippen LogP contribution in [0.1, 0.15) is 50.5 Å². The summed E-state index contributed by atoms with van der Waals surface area (Å²) in [4.78, 5) is 32.7. The predicted molar refractivity (Wildman–Crippen MR) is 108 cm³/mol. The van der Waals surface area contributed by atoms with E-state index < -0.39 is 0 Å². The molecule has 2 heterocycles. The van der Waals surface area contributed by atoms with Gasteiger partial charge in [0.1, 0.15) is 5.69 Å². The van der Waals surface area contributed by atoms with E-state index in [4.69, 9.17) is 4.74 Å². The summed E-state index contributed by atoms with van der Waals surface area (Å²) < 4.78 is 5.46. The third kappa shape index (κ3) is 3.44. The molecule has 0 saturated carbocycles. The maximum Gasteiger partial charge on any atom is 0.270 e. The zero-order valence-electron chi connectivity index (χ0n) is 16.6. The minimum absolute atomic E-state index is 0.0727. The molecular formula is C22H27N3O3. The third-order valence-corrected chi connectivity index (χ3v) is 5.75. The smallest absolute Gasteiger partial charge is 0.270 e. The molecule has 0 spiro atoms. The molecule has 0 unspecified atom stereocenters. The Morgan fingerprint density at radius 3 is 2.71 bits per heavy atom. The maximum atomic E-state index is 13.1. The van der Waals surface area contributed by atoms with Crippen LogP contribution < -0.4 is 4.90 Å². The summed E-state index contributed by atoms with van der Waals surface area (Å²) in [6.45, 7) is 5.57. The first-order chi connectivity index (χ1) is 13.6. The van der Waals surface area contributed by atoms with Crippen LogP contribution in [0.25, 0.3) is 0 Å². The normalized spacial score (nSPS) is 16.8. The number of fused-ring (bicyclic) bond motifs is 1. The summed E-state index contributed by atoms with van der Waals surface area (Å²) >= 11 is 0. The Morgan fingerprint density at radius 2 is 1.96 bits per heavy atom. The van der Waals surface area contributed by atoms with Crippen molar-refractivity contribution < 1.29 is 14.3 Å². The van der Waals surface area contributed by atoms with Crippen LogP contribution in [0.5, 0.6) is 0 Å². The number of nitrogens with zero attached hydrogens (tertiary/aromatic N) is 2. The number of rotatable bonds is 4. The monoisotopic (exact) mass is 381 g/mol. The van der Waals surface area contributed by atoms with Gasteiger partial charge in [0.2, 0.25) is 0 Å². The fraction of sp³-hybridized carbons (Fsp3) is 0.455. The van der Waals surface area contributed by atoms with Crippen LogP contribution in [0.4, 0.5) is 5.69 Å². The van der Waals surface area contributed by atoms with Crippen LogP contribution in [-0.4, -0.2) is 54.9 Å². The number of aryl methyl sites for hydroxylation is 1. The van der Waals surface area contributed by atoms with Crippen LogP contribution in [0, 0.1) is 6.92 Å². The van der Waals surface area contributed by atoms with Crippen LogP contribution >= 0.6 is 0 Å². The molecule has 1 aromatic carbocycles. The molecule has 1 saturated heterocycles. The SMILES string of the molecule is Cc1c(C(=O)N(C)Cc2ccccc2N2CCOCC2)[nH]c2c1C(=O)CCC2. The second-order valence-electron chi connectivity index (χ2n) is 7.64. The molecule has 4 rings (SSSR count). The summed E-state index contributed by atoms with van der Waals surface area (Å²) in [5.74, 6) is 0.0749. The maximum absolute atomic E-state index is 13.1. The molecule has 6 nitrogen and oxygen atoms in total. The van der Waals surface area contributed by atoms with Gasteiger partial charge >= 0.3 is 0 Å². The first kappa shape index (κ1) is 18.7. The number of amides is 1. The highest BCUT2D eigenvalue weighted by atomic mass is 16.5. The number of ketones is 1. The number of carbonyl (C=O) groups is 2.